The van der Waals surface area contributed by atoms with Gasteiger partial charge in [-0.15, -0.1) is 0 Å². The number of amides is 2. The van der Waals surface area contributed by atoms with E-state index in [1.54, 1.807) is 25.3 Å². The number of rotatable bonds is 6. The lowest BCUT2D eigenvalue weighted by Gasteiger charge is -2.11. The number of carbonyl (C=O) groups excluding carboxylic acids is 3. The number of anilines is 1. The van der Waals surface area contributed by atoms with Crippen molar-refractivity contribution in [3.8, 4) is 22.5 Å². The molecule has 1 aliphatic heterocycles. The van der Waals surface area contributed by atoms with Crippen LogP contribution < -0.4 is 10.6 Å². The maximum atomic E-state index is 12.1. The van der Waals surface area contributed by atoms with Crippen LogP contribution in [-0.2, 0) is 20.7 Å². The van der Waals surface area contributed by atoms with Gasteiger partial charge < -0.3 is 20.4 Å². The summed E-state index contributed by atoms with van der Waals surface area (Å²) in [7, 11) is 0. The van der Waals surface area contributed by atoms with E-state index >= 15 is 0 Å². The molecule has 162 valence electrons. The molecular weight excluding hydrogens is 408 g/mol. The predicted octanol–water partition coefficient (Wildman–Crippen LogP) is 3.09. The molecule has 8 nitrogen and oxygen atoms in total. The highest BCUT2D eigenvalue weighted by Crippen LogP contribution is 2.28. The second-order valence-corrected chi connectivity index (χ2v) is 7.17. The smallest absolute Gasteiger partial charge is 0.330 e. The van der Waals surface area contributed by atoms with Crippen molar-refractivity contribution in [2.75, 3.05) is 18.5 Å². The van der Waals surface area contributed by atoms with Crippen LogP contribution in [0.3, 0.4) is 0 Å². The summed E-state index contributed by atoms with van der Waals surface area (Å²) in [6.07, 6.45) is 4.69. The van der Waals surface area contributed by atoms with Crippen molar-refractivity contribution in [2.24, 2.45) is 0 Å². The van der Waals surface area contributed by atoms with Gasteiger partial charge in [0.2, 0.25) is 5.91 Å². The van der Waals surface area contributed by atoms with Gasteiger partial charge in [0.05, 0.1) is 17.9 Å². The minimum absolute atomic E-state index is 0.0662. The predicted molar refractivity (Wildman–Crippen MR) is 120 cm³/mol. The summed E-state index contributed by atoms with van der Waals surface area (Å²) in [5.41, 5.74) is 5.46. The van der Waals surface area contributed by atoms with Crippen LogP contribution >= 0.6 is 0 Å². The van der Waals surface area contributed by atoms with Gasteiger partial charge in [0.1, 0.15) is 0 Å². The van der Waals surface area contributed by atoms with Crippen LogP contribution in [0.15, 0.2) is 60.8 Å². The van der Waals surface area contributed by atoms with Crippen molar-refractivity contribution in [1.82, 2.24) is 15.3 Å². The van der Waals surface area contributed by atoms with Gasteiger partial charge in [-0.2, -0.15) is 0 Å². The van der Waals surface area contributed by atoms with E-state index in [9.17, 15) is 14.4 Å². The molecule has 0 aliphatic carbocycles. The fourth-order valence-electron chi connectivity index (χ4n) is 3.48. The molecule has 1 aliphatic rings. The van der Waals surface area contributed by atoms with E-state index in [0.29, 0.717) is 17.8 Å². The van der Waals surface area contributed by atoms with Crippen molar-refractivity contribution < 1.29 is 19.1 Å². The van der Waals surface area contributed by atoms with E-state index in [-0.39, 0.29) is 12.5 Å². The summed E-state index contributed by atoms with van der Waals surface area (Å²) in [6.45, 7) is 2.57. The van der Waals surface area contributed by atoms with Crippen molar-refractivity contribution >= 4 is 23.5 Å². The molecule has 0 atom stereocenters. The Bertz CT molecular complexity index is 1210. The summed E-state index contributed by atoms with van der Waals surface area (Å²) < 4.78 is 4.76. The number of pyridine rings is 1. The van der Waals surface area contributed by atoms with Crippen LogP contribution in [-0.4, -0.2) is 40.9 Å². The minimum Gasteiger partial charge on any atom is -0.463 e. The van der Waals surface area contributed by atoms with Gasteiger partial charge in [0.15, 0.2) is 0 Å². The van der Waals surface area contributed by atoms with Gasteiger partial charge in [0.25, 0.3) is 5.91 Å². The van der Waals surface area contributed by atoms with Gasteiger partial charge in [-0.1, -0.05) is 12.1 Å². The zero-order chi connectivity index (χ0) is 22.5. The standard InChI is InChI=1S/C24H22N4O4/c1-2-32-23(30)7-6-22(29)27-17-5-3-4-15(12-17)20-13-16(8-10-25-20)21-14-18-19(28-21)9-11-26-24(18)31/h3-8,10,12-14,28H,2,9,11H2,1H3,(H,26,31)(H,27,29)/b7-6+. The fraction of sp³-hybridized carbons (Fsp3) is 0.167. The lowest BCUT2D eigenvalue weighted by molar-refractivity contribution is -0.137. The molecular formula is C24H22N4O4. The number of esters is 1. The molecule has 4 rings (SSSR count). The molecule has 0 radical (unpaired) electrons. The Kier molecular flexibility index (Phi) is 6.12. The molecule has 1 aromatic carbocycles. The Morgan fingerprint density at radius 2 is 2.03 bits per heavy atom. The Morgan fingerprint density at radius 1 is 1.16 bits per heavy atom. The molecule has 0 fully saturated rings. The normalized spacial score (nSPS) is 12.8. The minimum atomic E-state index is -0.569. The molecule has 0 unspecified atom stereocenters. The van der Waals surface area contributed by atoms with Crippen LogP contribution in [0.5, 0.6) is 0 Å². The number of H-pyrrole nitrogens is 1. The van der Waals surface area contributed by atoms with E-state index in [1.165, 1.54) is 0 Å². The monoisotopic (exact) mass is 430 g/mol. The number of fused-ring (bicyclic) bond motifs is 1. The highest BCUT2D eigenvalue weighted by molar-refractivity contribution is 6.02. The number of nitrogens with one attached hydrogen (secondary N) is 3. The van der Waals surface area contributed by atoms with Crippen LogP contribution in [0.1, 0.15) is 23.0 Å². The van der Waals surface area contributed by atoms with Crippen molar-refractivity contribution in [3.63, 3.8) is 0 Å². The molecule has 8 heteroatoms. The van der Waals surface area contributed by atoms with Crippen molar-refractivity contribution in [3.05, 3.63) is 72.1 Å². The Labute approximate surface area is 184 Å². The Balaban J connectivity index is 1.53. The number of ether oxygens (including phenoxy) is 1. The van der Waals surface area contributed by atoms with Crippen molar-refractivity contribution in [1.29, 1.82) is 0 Å². The van der Waals surface area contributed by atoms with Gasteiger partial charge in [-0.3, -0.25) is 14.6 Å². The SMILES string of the molecule is CCOC(=O)/C=C/C(=O)Nc1cccc(-c2cc(-c3cc4c([nH]3)CCNC4=O)ccn2)c1. The topological polar surface area (TPSA) is 113 Å². The first kappa shape index (κ1) is 21.0. The number of carbonyl (C=O) groups is 3. The first-order valence-corrected chi connectivity index (χ1v) is 10.3. The molecule has 0 saturated heterocycles. The molecule has 0 bridgehead atoms. The quantitative estimate of drug-likeness (QED) is 0.411. The number of hydrogen-bond donors (Lipinski definition) is 3. The maximum absolute atomic E-state index is 12.1. The van der Waals surface area contributed by atoms with Gasteiger partial charge >= 0.3 is 5.97 Å². The lowest BCUT2D eigenvalue weighted by Crippen LogP contribution is -2.31. The number of aromatic amines is 1. The van der Waals surface area contributed by atoms with Gasteiger partial charge in [-0.25, -0.2) is 4.79 Å². The number of hydrogen-bond acceptors (Lipinski definition) is 5. The number of nitrogens with zero attached hydrogens (tertiary/aromatic N) is 1. The van der Waals surface area contributed by atoms with E-state index in [2.05, 4.69) is 20.6 Å². The van der Waals surface area contributed by atoms with Crippen LogP contribution in [0.2, 0.25) is 0 Å². The Morgan fingerprint density at radius 3 is 2.84 bits per heavy atom. The third-order valence-electron chi connectivity index (χ3n) is 4.96. The van der Waals surface area contributed by atoms with Crippen LogP contribution in [0, 0.1) is 0 Å². The molecule has 2 aromatic heterocycles. The highest BCUT2D eigenvalue weighted by atomic mass is 16.5. The first-order chi connectivity index (χ1) is 15.5. The summed E-state index contributed by atoms with van der Waals surface area (Å²) in [5.74, 6) is -1.07. The van der Waals surface area contributed by atoms with E-state index in [1.807, 2.05) is 30.3 Å². The first-order valence-electron chi connectivity index (χ1n) is 10.3. The summed E-state index contributed by atoms with van der Waals surface area (Å²) in [6, 6.07) is 12.9. The fourth-order valence-corrected chi connectivity index (χ4v) is 3.48. The maximum Gasteiger partial charge on any atom is 0.330 e. The lowest BCUT2D eigenvalue weighted by atomic mass is 10.1. The molecule has 3 aromatic rings. The molecule has 0 spiro atoms. The Hall–Kier alpha value is -4.20. The third kappa shape index (κ3) is 4.75. The molecule has 3 N–H and O–H groups in total. The largest absolute Gasteiger partial charge is 0.463 e. The number of aromatic nitrogens is 2. The molecule has 3 heterocycles. The third-order valence-corrected chi connectivity index (χ3v) is 4.96. The number of benzene rings is 1. The second kappa shape index (κ2) is 9.30. The average molecular weight is 430 g/mol. The summed E-state index contributed by atoms with van der Waals surface area (Å²) >= 11 is 0. The zero-order valence-corrected chi connectivity index (χ0v) is 17.5. The average Bonchev–Trinajstić information content (AvgIpc) is 3.24. The van der Waals surface area contributed by atoms with E-state index in [4.69, 9.17) is 4.74 Å². The molecule has 0 saturated carbocycles. The molecule has 32 heavy (non-hydrogen) atoms. The second-order valence-electron chi connectivity index (χ2n) is 7.17. The summed E-state index contributed by atoms with van der Waals surface area (Å²) in [4.78, 5) is 43.3. The van der Waals surface area contributed by atoms with E-state index in [0.717, 1.165) is 46.8 Å². The van der Waals surface area contributed by atoms with Crippen molar-refractivity contribution in [2.45, 2.75) is 13.3 Å². The molecule has 2 amide bonds. The van der Waals surface area contributed by atoms with E-state index < -0.39 is 11.9 Å². The van der Waals surface area contributed by atoms with Gasteiger partial charge in [-0.05, 0) is 37.3 Å². The zero-order valence-electron chi connectivity index (χ0n) is 17.5. The highest BCUT2D eigenvalue weighted by Gasteiger charge is 2.20. The summed E-state index contributed by atoms with van der Waals surface area (Å²) in [5, 5.41) is 5.57. The van der Waals surface area contributed by atoms with Gasteiger partial charge in [0, 0.05) is 59.5 Å². The van der Waals surface area contributed by atoms with Crippen LogP contribution in [0.4, 0.5) is 5.69 Å². The van der Waals surface area contributed by atoms with Crippen LogP contribution in [0.25, 0.3) is 22.5 Å².